The van der Waals surface area contributed by atoms with E-state index >= 15 is 0 Å². The largest absolute Gasteiger partial charge is 0.497 e. The number of halogens is 1. The Bertz CT molecular complexity index is 413. The molecule has 1 aromatic rings. The highest BCUT2D eigenvalue weighted by molar-refractivity contribution is 6.31. The van der Waals surface area contributed by atoms with Gasteiger partial charge in [0.15, 0.2) is 0 Å². The Labute approximate surface area is 114 Å². The molecule has 0 saturated heterocycles. The topological polar surface area (TPSA) is 35.2 Å². The Morgan fingerprint density at radius 2 is 2.06 bits per heavy atom. The Morgan fingerprint density at radius 3 is 2.56 bits per heavy atom. The molecule has 1 atom stereocenters. The molecular formula is C15H22ClNO. The number of ether oxygens (including phenoxy) is 1. The molecule has 3 heteroatoms. The SMILES string of the molecule is CCC1(C(N)c2ccc(OC)cc2Cl)CCCC1. The van der Waals surface area contributed by atoms with Gasteiger partial charge < -0.3 is 10.5 Å². The van der Waals surface area contributed by atoms with Gasteiger partial charge in [0.2, 0.25) is 0 Å². The highest BCUT2D eigenvalue weighted by atomic mass is 35.5. The zero-order chi connectivity index (χ0) is 13.2. The molecular weight excluding hydrogens is 246 g/mol. The van der Waals surface area contributed by atoms with Crippen molar-refractivity contribution in [1.82, 2.24) is 0 Å². The average Bonchev–Trinajstić information content (AvgIpc) is 2.87. The van der Waals surface area contributed by atoms with Gasteiger partial charge in [-0.3, -0.25) is 0 Å². The lowest BCUT2D eigenvalue weighted by Crippen LogP contribution is -2.31. The molecule has 1 fully saturated rings. The summed E-state index contributed by atoms with van der Waals surface area (Å²) in [5.41, 5.74) is 7.80. The van der Waals surface area contributed by atoms with E-state index in [1.54, 1.807) is 7.11 Å². The highest BCUT2D eigenvalue weighted by Crippen LogP contribution is 2.50. The predicted molar refractivity (Wildman–Crippen MR) is 76.1 cm³/mol. The van der Waals surface area contributed by atoms with Crippen LogP contribution in [0.3, 0.4) is 0 Å². The number of nitrogens with two attached hydrogens (primary N) is 1. The van der Waals surface area contributed by atoms with Crippen LogP contribution in [0, 0.1) is 5.41 Å². The Balaban J connectivity index is 2.30. The minimum atomic E-state index is 0.0309. The standard InChI is InChI=1S/C15H22ClNO/c1-3-15(8-4-5-9-15)14(17)12-7-6-11(18-2)10-13(12)16/h6-7,10,14H,3-5,8-9,17H2,1-2H3. The molecule has 1 aliphatic rings. The minimum absolute atomic E-state index is 0.0309. The summed E-state index contributed by atoms with van der Waals surface area (Å²) >= 11 is 6.34. The van der Waals surface area contributed by atoms with Crippen molar-refractivity contribution in [2.24, 2.45) is 11.1 Å². The van der Waals surface area contributed by atoms with Crippen LogP contribution in [-0.4, -0.2) is 7.11 Å². The van der Waals surface area contributed by atoms with Crippen LogP contribution in [-0.2, 0) is 0 Å². The number of benzene rings is 1. The second-order valence-electron chi connectivity index (χ2n) is 5.29. The van der Waals surface area contributed by atoms with Crippen LogP contribution in [0.25, 0.3) is 0 Å². The van der Waals surface area contributed by atoms with E-state index in [2.05, 4.69) is 6.92 Å². The summed E-state index contributed by atoms with van der Waals surface area (Å²) in [7, 11) is 1.65. The lowest BCUT2D eigenvalue weighted by atomic mass is 9.74. The van der Waals surface area contributed by atoms with Crippen LogP contribution in [0.1, 0.15) is 50.6 Å². The van der Waals surface area contributed by atoms with E-state index in [-0.39, 0.29) is 11.5 Å². The van der Waals surface area contributed by atoms with Crippen molar-refractivity contribution in [2.45, 2.75) is 45.1 Å². The number of hydrogen-bond acceptors (Lipinski definition) is 2. The van der Waals surface area contributed by atoms with Gasteiger partial charge in [0.1, 0.15) is 5.75 Å². The molecule has 0 spiro atoms. The number of methoxy groups -OCH3 is 1. The van der Waals surface area contributed by atoms with Gasteiger partial charge in [0.05, 0.1) is 7.11 Å². The van der Waals surface area contributed by atoms with Gasteiger partial charge in [-0.25, -0.2) is 0 Å². The fourth-order valence-corrected chi connectivity index (χ4v) is 3.47. The Morgan fingerprint density at radius 1 is 1.39 bits per heavy atom. The van der Waals surface area contributed by atoms with E-state index in [9.17, 15) is 0 Å². The van der Waals surface area contributed by atoms with Crippen molar-refractivity contribution in [3.05, 3.63) is 28.8 Å². The van der Waals surface area contributed by atoms with Gasteiger partial charge >= 0.3 is 0 Å². The average molecular weight is 268 g/mol. The van der Waals surface area contributed by atoms with Crippen LogP contribution in [0.4, 0.5) is 0 Å². The summed E-state index contributed by atoms with van der Waals surface area (Å²) in [4.78, 5) is 0. The van der Waals surface area contributed by atoms with Crippen LogP contribution < -0.4 is 10.5 Å². The zero-order valence-electron chi connectivity index (χ0n) is 11.2. The summed E-state index contributed by atoms with van der Waals surface area (Å²) in [5.74, 6) is 0.785. The molecule has 100 valence electrons. The Hall–Kier alpha value is -0.730. The second-order valence-corrected chi connectivity index (χ2v) is 5.70. The highest BCUT2D eigenvalue weighted by Gasteiger charge is 2.39. The lowest BCUT2D eigenvalue weighted by Gasteiger charge is -2.35. The molecule has 0 radical (unpaired) electrons. The molecule has 0 amide bonds. The van der Waals surface area contributed by atoms with Crippen molar-refractivity contribution >= 4 is 11.6 Å². The quantitative estimate of drug-likeness (QED) is 0.882. The van der Waals surface area contributed by atoms with Crippen LogP contribution in [0.15, 0.2) is 18.2 Å². The van der Waals surface area contributed by atoms with Gasteiger partial charge in [0.25, 0.3) is 0 Å². The minimum Gasteiger partial charge on any atom is -0.497 e. The van der Waals surface area contributed by atoms with E-state index in [1.165, 1.54) is 25.7 Å². The summed E-state index contributed by atoms with van der Waals surface area (Å²) in [6, 6.07) is 5.85. The van der Waals surface area contributed by atoms with Crippen molar-refractivity contribution in [3.8, 4) is 5.75 Å². The maximum Gasteiger partial charge on any atom is 0.120 e. The maximum atomic E-state index is 6.51. The van der Waals surface area contributed by atoms with Crippen LogP contribution >= 0.6 is 11.6 Å². The van der Waals surface area contributed by atoms with Crippen molar-refractivity contribution in [3.63, 3.8) is 0 Å². The van der Waals surface area contributed by atoms with Crippen LogP contribution in [0.2, 0.25) is 5.02 Å². The van der Waals surface area contributed by atoms with E-state index in [4.69, 9.17) is 22.1 Å². The number of rotatable bonds is 4. The van der Waals surface area contributed by atoms with E-state index in [1.807, 2.05) is 18.2 Å². The van der Waals surface area contributed by atoms with E-state index in [0.717, 1.165) is 22.8 Å². The van der Waals surface area contributed by atoms with Gasteiger partial charge in [0, 0.05) is 11.1 Å². The summed E-state index contributed by atoms with van der Waals surface area (Å²) in [6.07, 6.45) is 6.13. The van der Waals surface area contributed by atoms with Crippen molar-refractivity contribution in [1.29, 1.82) is 0 Å². The third-order valence-corrected chi connectivity index (χ3v) is 4.83. The van der Waals surface area contributed by atoms with Crippen molar-refractivity contribution in [2.75, 3.05) is 7.11 Å². The summed E-state index contributed by atoms with van der Waals surface area (Å²) in [5, 5.41) is 0.724. The monoisotopic (exact) mass is 267 g/mol. The molecule has 18 heavy (non-hydrogen) atoms. The maximum absolute atomic E-state index is 6.51. The predicted octanol–water partition coefficient (Wildman–Crippen LogP) is 4.32. The fraction of sp³-hybridized carbons (Fsp3) is 0.600. The Kier molecular flexibility index (Phi) is 4.18. The molecule has 1 unspecified atom stereocenters. The molecule has 2 rings (SSSR count). The molecule has 0 bridgehead atoms. The molecule has 0 aromatic heterocycles. The van der Waals surface area contributed by atoms with Gasteiger partial charge in [-0.15, -0.1) is 0 Å². The van der Waals surface area contributed by atoms with Crippen LogP contribution in [0.5, 0.6) is 5.75 Å². The molecule has 1 saturated carbocycles. The summed E-state index contributed by atoms with van der Waals surface area (Å²) in [6.45, 7) is 2.24. The van der Waals surface area contributed by atoms with E-state index in [0.29, 0.717) is 0 Å². The van der Waals surface area contributed by atoms with Gasteiger partial charge in [-0.05, 0) is 42.4 Å². The van der Waals surface area contributed by atoms with Gasteiger partial charge in [-0.1, -0.05) is 37.4 Å². The third-order valence-electron chi connectivity index (χ3n) is 4.51. The molecule has 2 N–H and O–H groups in total. The fourth-order valence-electron chi connectivity index (χ4n) is 3.18. The smallest absolute Gasteiger partial charge is 0.120 e. The first-order chi connectivity index (χ1) is 8.63. The third kappa shape index (κ3) is 2.36. The first-order valence-electron chi connectivity index (χ1n) is 6.72. The first-order valence-corrected chi connectivity index (χ1v) is 7.10. The van der Waals surface area contributed by atoms with Gasteiger partial charge in [-0.2, -0.15) is 0 Å². The molecule has 2 nitrogen and oxygen atoms in total. The van der Waals surface area contributed by atoms with Crippen molar-refractivity contribution < 1.29 is 4.74 Å². The normalized spacial score (nSPS) is 19.8. The second kappa shape index (κ2) is 5.50. The lowest BCUT2D eigenvalue weighted by molar-refractivity contribution is 0.222. The molecule has 1 aliphatic carbocycles. The first kappa shape index (κ1) is 13.7. The van der Waals surface area contributed by atoms with E-state index < -0.39 is 0 Å². The molecule has 1 aromatic carbocycles. The molecule has 0 aliphatic heterocycles. The zero-order valence-corrected chi connectivity index (χ0v) is 12.0. The molecule has 0 heterocycles. The number of hydrogen-bond donors (Lipinski definition) is 1. The summed E-state index contributed by atoms with van der Waals surface area (Å²) < 4.78 is 5.18.